The van der Waals surface area contributed by atoms with Gasteiger partial charge in [0.15, 0.2) is 0 Å². The summed E-state index contributed by atoms with van der Waals surface area (Å²) < 4.78 is 6.19. The fraction of sp³-hybridized carbons (Fsp3) is 0.200. The molecule has 0 aliphatic rings. The van der Waals surface area contributed by atoms with Gasteiger partial charge in [-0.1, -0.05) is 18.2 Å². The largest absolute Gasteiger partial charge is 0.496 e. The van der Waals surface area contributed by atoms with E-state index in [-0.39, 0.29) is 6.61 Å². The van der Waals surface area contributed by atoms with Crippen LogP contribution in [-0.2, 0) is 12.4 Å². The zero-order valence-electron chi connectivity index (χ0n) is 10.6. The quantitative estimate of drug-likeness (QED) is 0.826. The molecule has 0 heterocycles. The predicted molar refractivity (Wildman–Crippen MR) is 82.6 cm³/mol. The molecule has 1 N–H and O–H groups in total. The van der Waals surface area contributed by atoms with Crippen LogP contribution in [0.1, 0.15) is 11.1 Å². The van der Waals surface area contributed by atoms with Crippen LogP contribution in [0.4, 0.5) is 0 Å². The minimum atomic E-state index is 0.0936. The van der Waals surface area contributed by atoms with Gasteiger partial charge in [0.25, 0.3) is 0 Å². The first-order valence-corrected chi connectivity index (χ1v) is 7.66. The minimum Gasteiger partial charge on any atom is -0.496 e. The molecule has 0 bridgehead atoms. The molecule has 0 fully saturated rings. The smallest absolute Gasteiger partial charge is 0.133 e. The number of aliphatic hydroxyl groups is 1. The standard InChI is InChI=1S/C15H15BrO2S/c1-18-15-7-4-12(8-14(15)16)10-19-13-5-2-11(9-17)3-6-13/h2-8,17H,9-10H2,1H3. The highest BCUT2D eigenvalue weighted by atomic mass is 79.9. The summed E-state index contributed by atoms with van der Waals surface area (Å²) in [5.41, 5.74) is 2.18. The maximum absolute atomic E-state index is 8.99. The average molecular weight is 339 g/mol. The average Bonchev–Trinajstić information content (AvgIpc) is 2.46. The lowest BCUT2D eigenvalue weighted by Gasteiger charge is -2.06. The van der Waals surface area contributed by atoms with Gasteiger partial charge in [0, 0.05) is 10.6 Å². The third-order valence-corrected chi connectivity index (χ3v) is 4.43. The molecule has 4 heteroatoms. The van der Waals surface area contributed by atoms with Crippen LogP contribution < -0.4 is 4.74 Å². The first-order valence-electron chi connectivity index (χ1n) is 5.88. The second kappa shape index (κ2) is 6.98. The lowest BCUT2D eigenvalue weighted by molar-refractivity contribution is 0.282. The molecule has 100 valence electrons. The van der Waals surface area contributed by atoms with Crippen LogP contribution in [0.3, 0.4) is 0 Å². The third kappa shape index (κ3) is 4.00. The number of halogens is 1. The molecule has 0 amide bonds. The van der Waals surface area contributed by atoms with Crippen molar-refractivity contribution < 1.29 is 9.84 Å². The van der Waals surface area contributed by atoms with E-state index < -0.39 is 0 Å². The molecule has 0 spiro atoms. The fourth-order valence-corrected chi connectivity index (χ4v) is 3.09. The molecule has 0 aliphatic heterocycles. The van der Waals surface area contributed by atoms with Gasteiger partial charge < -0.3 is 9.84 Å². The number of methoxy groups -OCH3 is 1. The number of hydrogen-bond donors (Lipinski definition) is 1. The van der Waals surface area contributed by atoms with Crippen LogP contribution in [0.2, 0.25) is 0 Å². The number of benzene rings is 2. The highest BCUT2D eigenvalue weighted by molar-refractivity contribution is 9.10. The molecule has 0 saturated heterocycles. The summed E-state index contributed by atoms with van der Waals surface area (Å²) in [6, 6.07) is 14.1. The van der Waals surface area contributed by atoms with Crippen molar-refractivity contribution in [3.8, 4) is 5.75 Å². The maximum atomic E-state index is 8.99. The Balaban J connectivity index is 1.99. The van der Waals surface area contributed by atoms with Crippen LogP contribution in [0.5, 0.6) is 5.75 Å². The second-order valence-corrected chi connectivity index (χ2v) is 5.96. The van der Waals surface area contributed by atoms with Crippen LogP contribution in [0, 0.1) is 0 Å². The van der Waals surface area contributed by atoms with Crippen molar-refractivity contribution in [1.82, 2.24) is 0 Å². The molecule has 0 aromatic heterocycles. The summed E-state index contributed by atoms with van der Waals surface area (Å²) in [6.07, 6.45) is 0. The van der Waals surface area contributed by atoms with Gasteiger partial charge in [-0.25, -0.2) is 0 Å². The summed E-state index contributed by atoms with van der Waals surface area (Å²) >= 11 is 5.26. The Kier molecular flexibility index (Phi) is 5.31. The summed E-state index contributed by atoms with van der Waals surface area (Å²) in [5, 5.41) is 8.99. The zero-order valence-corrected chi connectivity index (χ0v) is 13.0. The lowest BCUT2D eigenvalue weighted by atomic mass is 10.2. The Morgan fingerprint density at radius 2 is 1.79 bits per heavy atom. The van der Waals surface area contributed by atoms with Crippen LogP contribution in [0.25, 0.3) is 0 Å². The maximum Gasteiger partial charge on any atom is 0.133 e. The van der Waals surface area contributed by atoms with Crippen molar-refractivity contribution in [2.24, 2.45) is 0 Å². The molecule has 19 heavy (non-hydrogen) atoms. The van der Waals surface area contributed by atoms with E-state index in [1.165, 1.54) is 10.5 Å². The zero-order chi connectivity index (χ0) is 13.7. The molecule has 2 rings (SSSR count). The van der Waals surface area contributed by atoms with E-state index >= 15 is 0 Å². The molecular formula is C15H15BrO2S. The number of hydrogen-bond acceptors (Lipinski definition) is 3. The van der Waals surface area contributed by atoms with Crippen LogP contribution in [-0.4, -0.2) is 12.2 Å². The highest BCUT2D eigenvalue weighted by Gasteiger charge is 2.02. The molecule has 2 aromatic rings. The molecule has 0 radical (unpaired) electrons. The van der Waals surface area contributed by atoms with Crippen LogP contribution >= 0.6 is 27.7 Å². The minimum absolute atomic E-state index is 0.0936. The third-order valence-electron chi connectivity index (χ3n) is 2.73. The summed E-state index contributed by atoms with van der Waals surface area (Å²) in [5.74, 6) is 1.75. The van der Waals surface area contributed by atoms with Gasteiger partial charge in [-0.15, -0.1) is 11.8 Å². The number of aliphatic hydroxyl groups excluding tert-OH is 1. The molecular weight excluding hydrogens is 324 g/mol. The predicted octanol–water partition coefficient (Wildman–Crippen LogP) is 4.24. The molecule has 0 unspecified atom stereocenters. The first kappa shape index (κ1) is 14.4. The summed E-state index contributed by atoms with van der Waals surface area (Å²) in [4.78, 5) is 1.20. The van der Waals surface area contributed by atoms with E-state index in [1.807, 2.05) is 30.3 Å². The Bertz CT molecular complexity index is 540. The Labute approximate surface area is 125 Å². The first-order chi connectivity index (χ1) is 9.22. The summed E-state index contributed by atoms with van der Waals surface area (Å²) in [7, 11) is 1.66. The fourth-order valence-electron chi connectivity index (χ4n) is 1.66. The van der Waals surface area contributed by atoms with E-state index in [2.05, 4.69) is 28.1 Å². The topological polar surface area (TPSA) is 29.5 Å². The number of ether oxygens (including phenoxy) is 1. The van der Waals surface area contributed by atoms with E-state index in [0.717, 1.165) is 21.5 Å². The second-order valence-electron chi connectivity index (χ2n) is 4.06. The van der Waals surface area contributed by atoms with Gasteiger partial charge in [0.2, 0.25) is 0 Å². The SMILES string of the molecule is COc1ccc(CSc2ccc(CO)cc2)cc1Br. The lowest BCUT2D eigenvalue weighted by Crippen LogP contribution is -1.87. The monoisotopic (exact) mass is 338 g/mol. The van der Waals surface area contributed by atoms with Gasteiger partial charge >= 0.3 is 0 Å². The Morgan fingerprint density at radius 1 is 1.11 bits per heavy atom. The normalized spacial score (nSPS) is 10.5. The van der Waals surface area contributed by atoms with Crippen LogP contribution in [0.15, 0.2) is 51.8 Å². The van der Waals surface area contributed by atoms with Crippen molar-refractivity contribution >= 4 is 27.7 Å². The molecule has 0 atom stereocenters. The van der Waals surface area contributed by atoms with Gasteiger partial charge in [-0.3, -0.25) is 0 Å². The number of thioether (sulfide) groups is 1. The highest BCUT2D eigenvalue weighted by Crippen LogP contribution is 2.29. The van der Waals surface area contributed by atoms with Gasteiger partial charge in [-0.2, -0.15) is 0 Å². The summed E-state index contributed by atoms with van der Waals surface area (Å²) in [6.45, 7) is 0.0936. The van der Waals surface area contributed by atoms with Gasteiger partial charge in [0.05, 0.1) is 18.2 Å². The van der Waals surface area contributed by atoms with E-state index in [1.54, 1.807) is 18.9 Å². The molecule has 2 nitrogen and oxygen atoms in total. The Morgan fingerprint density at radius 3 is 2.37 bits per heavy atom. The van der Waals surface area contributed by atoms with Crippen molar-refractivity contribution in [3.63, 3.8) is 0 Å². The molecule has 0 saturated carbocycles. The van der Waals surface area contributed by atoms with E-state index in [9.17, 15) is 0 Å². The van der Waals surface area contributed by atoms with E-state index in [0.29, 0.717) is 0 Å². The van der Waals surface area contributed by atoms with Crippen molar-refractivity contribution in [3.05, 3.63) is 58.1 Å². The number of rotatable bonds is 5. The molecule has 2 aromatic carbocycles. The van der Waals surface area contributed by atoms with E-state index in [4.69, 9.17) is 9.84 Å². The van der Waals surface area contributed by atoms with Crippen molar-refractivity contribution in [2.45, 2.75) is 17.3 Å². The van der Waals surface area contributed by atoms with Crippen molar-refractivity contribution in [2.75, 3.05) is 7.11 Å². The Hall–Kier alpha value is -0.970. The van der Waals surface area contributed by atoms with Gasteiger partial charge in [-0.05, 0) is 51.3 Å². The van der Waals surface area contributed by atoms with Gasteiger partial charge in [0.1, 0.15) is 5.75 Å². The van der Waals surface area contributed by atoms with Crippen molar-refractivity contribution in [1.29, 1.82) is 0 Å². The molecule has 0 aliphatic carbocycles.